The third-order valence-electron chi connectivity index (χ3n) is 14.7. The molecule has 14 atom stereocenters. The molecule has 2 unspecified atom stereocenters. The summed E-state index contributed by atoms with van der Waals surface area (Å²) in [5.74, 6) is 0.0564. The molecule has 4 N–H and O–H groups in total. The molecule has 0 aromatic heterocycles. The van der Waals surface area contributed by atoms with Crippen molar-refractivity contribution in [2.75, 3.05) is 24.6 Å². The topological polar surface area (TPSA) is 185 Å². The molecule has 0 aromatic carbocycles. The van der Waals surface area contributed by atoms with Gasteiger partial charge >= 0.3 is 11.9 Å². The van der Waals surface area contributed by atoms with Gasteiger partial charge in [-0.15, -0.1) is 0 Å². The molecule has 84 heavy (non-hydrogen) atoms. The lowest BCUT2D eigenvalue weighted by Gasteiger charge is -2.25. The number of rotatable bonds is 34. The highest BCUT2D eigenvalue weighted by molar-refractivity contribution is 8.76. The van der Waals surface area contributed by atoms with E-state index in [9.17, 15) is 39.0 Å². The number of ether oxygens (including phenoxy) is 2. The summed E-state index contributed by atoms with van der Waals surface area (Å²) in [5.41, 5.74) is 6.00. The molecule has 2 heterocycles. The van der Waals surface area contributed by atoms with E-state index in [1.807, 2.05) is 151 Å². The average Bonchev–Trinajstić information content (AvgIpc) is 3.60. The number of cyclic esters (lactones) is 2. The molecule has 0 radical (unpaired) electrons. The minimum absolute atomic E-state index is 0.00428. The van der Waals surface area contributed by atoms with Crippen molar-refractivity contribution in [1.29, 1.82) is 0 Å². The predicted molar refractivity (Wildman–Crippen MR) is 352 cm³/mol. The van der Waals surface area contributed by atoms with E-state index in [1.165, 1.54) is 12.2 Å². The molecule has 0 spiro atoms. The first-order chi connectivity index (χ1) is 39.5. The van der Waals surface area contributed by atoms with E-state index in [1.54, 1.807) is 47.6 Å². The number of aliphatic hydroxyl groups excluding tert-OH is 2. The maximum absolute atomic E-state index is 13.1. The summed E-state index contributed by atoms with van der Waals surface area (Å²) in [5, 5.41) is 27.4. The van der Waals surface area contributed by atoms with Crippen LogP contribution in [0.25, 0.3) is 0 Å². The van der Waals surface area contributed by atoms with Gasteiger partial charge in [0.05, 0.1) is 12.2 Å². The van der Waals surface area contributed by atoms with Crippen LogP contribution in [0, 0.1) is 59.2 Å². The fourth-order valence-corrected chi connectivity index (χ4v) is 11.5. The van der Waals surface area contributed by atoms with E-state index in [0.29, 0.717) is 37.8 Å². The number of aliphatic hydroxyl groups is 2. The maximum atomic E-state index is 13.1. The number of likely N-dealkylation sites (N-methyl/N-ethyl adjacent to an activating group) is 1. The highest BCUT2D eigenvalue weighted by atomic mass is 33.1. The normalized spacial score (nSPS) is 22.1. The number of Topliss-reactive ketones (excluding diaryl/α,β-unsaturated/α-hetero) is 2. The van der Waals surface area contributed by atoms with Crippen LogP contribution in [0.4, 0.5) is 0 Å². The van der Waals surface area contributed by atoms with Gasteiger partial charge in [0, 0.05) is 84.4 Å². The van der Waals surface area contributed by atoms with Crippen LogP contribution in [0.3, 0.4) is 0 Å². The zero-order valence-electron chi connectivity index (χ0n) is 54.1. The lowest BCUT2D eigenvalue weighted by molar-refractivity contribution is -0.144. The molecule has 2 amide bonds. The average molecular weight is 1200 g/mol. The first kappa shape index (κ1) is 76.7. The monoisotopic (exact) mass is 1200 g/mol. The number of hydrogen-bond donors (Lipinski definition) is 4. The van der Waals surface area contributed by atoms with Crippen molar-refractivity contribution in [2.45, 2.75) is 175 Å². The van der Waals surface area contributed by atoms with Gasteiger partial charge in [-0.2, -0.15) is 0 Å². The summed E-state index contributed by atoms with van der Waals surface area (Å²) in [6, 6.07) is 0. The van der Waals surface area contributed by atoms with Crippen LogP contribution in [0.5, 0.6) is 0 Å². The number of amides is 2. The Morgan fingerprint density at radius 1 is 0.571 bits per heavy atom. The van der Waals surface area contributed by atoms with E-state index >= 15 is 0 Å². The molecule has 468 valence electrons. The van der Waals surface area contributed by atoms with Crippen LogP contribution >= 0.6 is 21.6 Å². The van der Waals surface area contributed by atoms with Crippen LogP contribution in [-0.4, -0.2) is 94.5 Å². The van der Waals surface area contributed by atoms with Gasteiger partial charge in [-0.05, 0) is 110 Å². The first-order valence-corrected chi connectivity index (χ1v) is 32.8. The molecule has 0 fully saturated rings. The van der Waals surface area contributed by atoms with Gasteiger partial charge in [-0.3, -0.25) is 19.2 Å². The first-order valence-electron chi connectivity index (χ1n) is 30.3. The second-order valence-corrected chi connectivity index (χ2v) is 26.4. The Kier molecular flexibility index (Phi) is 38.1. The Balaban J connectivity index is 0.000000844. The van der Waals surface area contributed by atoms with Crippen molar-refractivity contribution < 1.29 is 48.5 Å². The Morgan fingerprint density at radius 3 is 1.33 bits per heavy atom. The number of ketones is 2. The van der Waals surface area contributed by atoms with Crippen molar-refractivity contribution in [3.63, 3.8) is 0 Å². The van der Waals surface area contributed by atoms with Crippen molar-refractivity contribution >= 4 is 56.9 Å². The lowest BCUT2D eigenvalue weighted by atomic mass is 9.83. The van der Waals surface area contributed by atoms with Gasteiger partial charge in [-0.25, -0.2) is 9.59 Å². The number of carbonyl (C=O) groups excluding carboxylic acids is 6. The lowest BCUT2D eigenvalue weighted by Crippen LogP contribution is -2.34. The van der Waals surface area contributed by atoms with Crippen LogP contribution in [0.15, 0.2) is 143 Å². The highest BCUT2D eigenvalue weighted by Gasteiger charge is 2.31. The summed E-state index contributed by atoms with van der Waals surface area (Å²) in [7, 11) is 3.52. The largest absolute Gasteiger partial charge is 0.454 e. The minimum Gasteiger partial charge on any atom is -0.454 e. The molecule has 0 aromatic rings. The minimum atomic E-state index is -0.794. The van der Waals surface area contributed by atoms with Gasteiger partial charge in [0.1, 0.15) is 23.8 Å². The maximum Gasteiger partial charge on any atom is 0.331 e. The summed E-state index contributed by atoms with van der Waals surface area (Å²) < 4.78 is 10.7. The molecule has 0 saturated heterocycles. The number of carbonyl (C=O) groups is 6. The van der Waals surface area contributed by atoms with E-state index in [-0.39, 0.29) is 83.0 Å². The zero-order chi connectivity index (χ0) is 63.6. The van der Waals surface area contributed by atoms with Crippen LogP contribution in [0.2, 0.25) is 0 Å². The van der Waals surface area contributed by atoms with E-state index in [2.05, 4.69) is 55.7 Å². The van der Waals surface area contributed by atoms with Crippen LogP contribution in [0.1, 0.15) is 150 Å². The molecule has 2 rings (SSSR count). The summed E-state index contributed by atoms with van der Waals surface area (Å²) in [6.45, 7) is 36.5. The van der Waals surface area contributed by atoms with Gasteiger partial charge < -0.3 is 30.3 Å². The molecule has 0 saturated carbocycles. The Hall–Kier alpha value is -5.28. The number of hydrogen-bond acceptors (Lipinski definition) is 12. The number of allylic oxidation sites excluding steroid dienone is 16. The Morgan fingerprint density at radius 2 is 0.952 bits per heavy atom. The second kappa shape index (κ2) is 41.7. The summed E-state index contributed by atoms with van der Waals surface area (Å²) >= 11 is 0. The molecule has 0 bridgehead atoms. The smallest absolute Gasteiger partial charge is 0.331 e. The van der Waals surface area contributed by atoms with E-state index in [0.717, 1.165) is 57.8 Å². The van der Waals surface area contributed by atoms with Crippen molar-refractivity contribution in [1.82, 2.24) is 10.6 Å². The SMILES string of the molecule is CCNC(=O)/C=C(\C)C[C@H](C)[C@@H](O)[C@H](C)C(=O)[C@H](C)/C=C(C)/C=C/C[C@@H](C)/C=C(C)\C=C\[C@@H]1OC(=O)C=C[C@@H]1C.CCSSCCNC(=O)/C=C(\C)C[C@H](C)C(O)[C@H](C)C(=O)[C@H](C)/C=C(C)/C=C/CC(C)/C=C(C)\C=C\[C@@H]1OC(=O)C=C[C@@H]1C. The third kappa shape index (κ3) is 32.3. The molecule has 14 heteroatoms. The van der Waals surface area contributed by atoms with Crippen molar-refractivity contribution in [2.24, 2.45) is 59.2 Å². The molecule has 2 aliphatic heterocycles. The van der Waals surface area contributed by atoms with E-state index < -0.39 is 24.0 Å². The summed E-state index contributed by atoms with van der Waals surface area (Å²) in [4.78, 5) is 73.1. The highest BCUT2D eigenvalue weighted by Crippen LogP contribution is 2.27. The molecule has 2 aliphatic rings. The van der Waals surface area contributed by atoms with Gasteiger partial charge in [0.2, 0.25) is 11.8 Å². The second-order valence-electron chi connectivity index (χ2n) is 23.5. The Bertz CT molecular complexity index is 2510. The van der Waals surface area contributed by atoms with E-state index in [4.69, 9.17) is 9.47 Å². The fraction of sp³-hybridized carbons (Fsp3) is 0.571. The van der Waals surface area contributed by atoms with Crippen LogP contribution in [-0.2, 0) is 38.2 Å². The molecule has 0 aliphatic carbocycles. The number of nitrogens with one attached hydrogen (secondary N) is 2. The quantitative estimate of drug-likeness (QED) is 0.0157. The van der Waals surface area contributed by atoms with Crippen molar-refractivity contribution in [3.8, 4) is 0 Å². The predicted octanol–water partition coefficient (Wildman–Crippen LogP) is 14.3. The van der Waals surface area contributed by atoms with Gasteiger partial charge in [-0.1, -0.05) is 204 Å². The standard InChI is InChI=1S/C36H55NO5S2.C34H51NO5/c1-10-43-44-19-18-37-33(38)23-27(5)22-30(8)36(41)31(9)35(40)29(7)21-25(3)13-11-12-24(2)20-26(4)14-16-32-28(6)15-17-34(39)42-32;1-10-35-31(36)21-25(5)20-28(8)34(39)29(9)33(38)27(7)19-23(3)13-11-12-22(2)18-24(4)14-16-30-26(6)15-17-32(37)40-30/h11,13-17,20-21,23-24,28-32,36,41H,10,12,18-19,22H2,1-9H3,(H,37,38);11,13-19,21-22,26-30,34,39H,10,12,20H2,1-9H3,(H,35,36)/b13-11+,16-14+,25-21+,26-20-,27-23+;13-11+,16-14+,23-19+,24-18-,25-21+/t24?,28-,29+,30-,31+,32-,36?;22-,26+,27-,28+,29-,30+,34-/m01/s1. The zero-order valence-corrected chi connectivity index (χ0v) is 55.7. The molecular weight excluding hydrogens is 1090 g/mol. The summed E-state index contributed by atoms with van der Waals surface area (Å²) in [6.07, 6.45) is 35.1. The Labute approximate surface area is 514 Å². The molecule has 12 nitrogen and oxygen atoms in total. The van der Waals surface area contributed by atoms with Gasteiger partial charge in [0.25, 0.3) is 0 Å². The van der Waals surface area contributed by atoms with Crippen molar-refractivity contribution in [3.05, 3.63) is 143 Å². The molecular formula is C70H106N2O10S2. The third-order valence-corrected chi connectivity index (χ3v) is 17.2. The fourth-order valence-electron chi connectivity index (χ4n) is 9.92. The number of esters is 2. The van der Waals surface area contributed by atoms with Gasteiger partial charge in [0.15, 0.2) is 0 Å². The van der Waals surface area contributed by atoms with Crippen LogP contribution < -0.4 is 10.6 Å².